The maximum absolute atomic E-state index is 9.89. The molecule has 0 radical (unpaired) electrons. The number of methoxy groups -OCH3 is 1. The zero-order valence-electron chi connectivity index (χ0n) is 12.3. The lowest BCUT2D eigenvalue weighted by Gasteiger charge is -2.39. The zero-order valence-corrected chi connectivity index (χ0v) is 12.3. The lowest BCUT2D eigenvalue weighted by Crippen LogP contribution is -2.53. The topological polar surface area (TPSA) is 138 Å². The highest BCUT2D eigenvalue weighted by molar-refractivity contribution is 4.85. The lowest BCUT2D eigenvalue weighted by atomic mass is 10.0. The van der Waals surface area contributed by atoms with E-state index >= 15 is 0 Å². The summed E-state index contributed by atoms with van der Waals surface area (Å²) < 4.78 is 21.2. The molecular formula is C13H24O9. The number of hydrogen-bond donors (Lipinski definition) is 5. The van der Waals surface area contributed by atoms with Gasteiger partial charge in [0.25, 0.3) is 0 Å². The first-order valence-corrected chi connectivity index (χ1v) is 7.24. The first-order valence-electron chi connectivity index (χ1n) is 7.24. The van der Waals surface area contributed by atoms with E-state index in [1.54, 1.807) is 0 Å². The maximum Gasteiger partial charge on any atom is 0.160 e. The smallest absolute Gasteiger partial charge is 0.160 e. The molecule has 0 aromatic heterocycles. The second-order valence-electron chi connectivity index (χ2n) is 5.55. The highest BCUT2D eigenvalue weighted by Crippen LogP contribution is 2.24. The predicted molar refractivity (Wildman–Crippen MR) is 70.6 cm³/mol. The van der Waals surface area contributed by atoms with Gasteiger partial charge in [0.1, 0.15) is 24.4 Å². The third-order valence-electron chi connectivity index (χ3n) is 3.96. The van der Waals surface area contributed by atoms with Gasteiger partial charge >= 0.3 is 0 Å². The van der Waals surface area contributed by atoms with Crippen LogP contribution in [0.4, 0.5) is 0 Å². The fourth-order valence-electron chi connectivity index (χ4n) is 2.58. The molecule has 2 rings (SSSR count). The minimum atomic E-state index is -1.18. The van der Waals surface area contributed by atoms with E-state index in [4.69, 9.17) is 24.1 Å². The average Bonchev–Trinajstić information content (AvgIpc) is 2.51. The Morgan fingerprint density at radius 2 is 1.45 bits per heavy atom. The van der Waals surface area contributed by atoms with Crippen molar-refractivity contribution in [1.29, 1.82) is 0 Å². The van der Waals surface area contributed by atoms with Gasteiger partial charge in [-0.1, -0.05) is 0 Å². The lowest BCUT2D eigenvalue weighted by molar-refractivity contribution is -0.289. The molecule has 0 bridgehead atoms. The molecule has 9 nitrogen and oxygen atoms in total. The summed E-state index contributed by atoms with van der Waals surface area (Å²) in [6.45, 7) is -0.547. The molecule has 5 N–H and O–H groups in total. The van der Waals surface area contributed by atoms with Crippen LogP contribution in [0.25, 0.3) is 0 Å². The number of aliphatic hydroxyl groups excluding tert-OH is 5. The summed E-state index contributed by atoms with van der Waals surface area (Å²) in [5, 5.41) is 48.0. The van der Waals surface area contributed by atoms with E-state index < -0.39 is 55.8 Å². The van der Waals surface area contributed by atoms with Crippen LogP contribution in [-0.2, 0) is 18.9 Å². The summed E-state index contributed by atoms with van der Waals surface area (Å²) in [5.41, 5.74) is 0. The predicted octanol–water partition coefficient (Wildman–Crippen LogP) is -2.68. The molecule has 8 atom stereocenters. The van der Waals surface area contributed by atoms with Crippen LogP contribution < -0.4 is 0 Å². The number of ether oxygens (including phenoxy) is 4. The fourth-order valence-corrected chi connectivity index (χ4v) is 2.58. The van der Waals surface area contributed by atoms with Crippen LogP contribution >= 0.6 is 0 Å². The van der Waals surface area contributed by atoms with E-state index in [-0.39, 0.29) is 19.4 Å². The van der Waals surface area contributed by atoms with Crippen molar-refractivity contribution in [1.82, 2.24) is 0 Å². The molecule has 3 unspecified atom stereocenters. The van der Waals surface area contributed by atoms with Gasteiger partial charge in [-0.3, -0.25) is 0 Å². The summed E-state index contributed by atoms with van der Waals surface area (Å²) in [6.07, 6.45) is -7.44. The second-order valence-corrected chi connectivity index (χ2v) is 5.55. The van der Waals surface area contributed by atoms with Crippen LogP contribution in [0.1, 0.15) is 12.8 Å². The van der Waals surface area contributed by atoms with E-state index in [1.807, 2.05) is 0 Å². The van der Waals surface area contributed by atoms with Gasteiger partial charge in [-0.15, -0.1) is 0 Å². The van der Waals surface area contributed by atoms with Crippen molar-refractivity contribution >= 4 is 0 Å². The summed E-state index contributed by atoms with van der Waals surface area (Å²) in [6, 6.07) is 0. The highest BCUT2D eigenvalue weighted by Gasteiger charge is 2.40. The van der Waals surface area contributed by atoms with Gasteiger partial charge in [-0.25, -0.2) is 0 Å². The Morgan fingerprint density at radius 3 is 2.05 bits per heavy atom. The van der Waals surface area contributed by atoms with E-state index in [0.717, 1.165) is 0 Å². The number of hydrogen-bond acceptors (Lipinski definition) is 9. The molecule has 2 heterocycles. The molecule has 130 valence electrons. The SMILES string of the molecule is CO[C@@H]1CC(O)[C@H](O)C(CO[C@@H]2C[C@@H](O)[C@H](O)C(CO)O2)O1. The minimum Gasteiger partial charge on any atom is -0.394 e. The van der Waals surface area contributed by atoms with Crippen LogP contribution in [0, 0.1) is 0 Å². The fraction of sp³-hybridized carbons (Fsp3) is 1.00. The van der Waals surface area contributed by atoms with E-state index in [0.29, 0.717) is 0 Å². The van der Waals surface area contributed by atoms with Crippen molar-refractivity contribution in [3.8, 4) is 0 Å². The largest absolute Gasteiger partial charge is 0.394 e. The maximum atomic E-state index is 9.89. The summed E-state index contributed by atoms with van der Waals surface area (Å²) >= 11 is 0. The highest BCUT2D eigenvalue weighted by atomic mass is 16.7. The Bertz CT molecular complexity index is 341. The van der Waals surface area contributed by atoms with Crippen LogP contribution in [-0.4, -0.2) is 95.1 Å². The van der Waals surface area contributed by atoms with Gasteiger partial charge in [0.05, 0.1) is 25.4 Å². The molecular weight excluding hydrogens is 300 g/mol. The third-order valence-corrected chi connectivity index (χ3v) is 3.96. The molecule has 2 aliphatic heterocycles. The van der Waals surface area contributed by atoms with E-state index in [9.17, 15) is 20.4 Å². The van der Waals surface area contributed by atoms with Gasteiger partial charge in [-0.2, -0.15) is 0 Å². The van der Waals surface area contributed by atoms with E-state index in [2.05, 4.69) is 0 Å². The van der Waals surface area contributed by atoms with Gasteiger partial charge in [0, 0.05) is 20.0 Å². The number of rotatable bonds is 5. The first-order chi connectivity index (χ1) is 10.5. The Morgan fingerprint density at radius 1 is 0.909 bits per heavy atom. The zero-order chi connectivity index (χ0) is 16.3. The Hall–Kier alpha value is -0.360. The molecule has 0 spiro atoms. The van der Waals surface area contributed by atoms with Crippen LogP contribution in [0.5, 0.6) is 0 Å². The van der Waals surface area contributed by atoms with E-state index in [1.165, 1.54) is 7.11 Å². The molecule has 0 aromatic carbocycles. The summed E-state index contributed by atoms with van der Waals surface area (Å²) in [4.78, 5) is 0. The van der Waals surface area contributed by atoms with Crippen molar-refractivity contribution < 1.29 is 44.5 Å². The quantitative estimate of drug-likeness (QED) is 0.366. The molecule has 9 heteroatoms. The first kappa shape index (κ1) is 18.0. The van der Waals surface area contributed by atoms with Crippen molar-refractivity contribution in [3.05, 3.63) is 0 Å². The van der Waals surface area contributed by atoms with Crippen molar-refractivity contribution in [2.24, 2.45) is 0 Å². The Labute approximate surface area is 128 Å². The second kappa shape index (κ2) is 7.95. The standard InChI is InChI=1S/C13H24O9/c1-19-10-2-6(15)13(18)9(22-10)5-20-11-3-7(16)12(17)8(4-14)21-11/h6-18H,2-5H2,1H3/t6?,7-,8?,9?,10+,11+,12+,13+/m1/s1. The molecule has 2 aliphatic rings. The van der Waals surface area contributed by atoms with Gasteiger partial charge in [-0.05, 0) is 0 Å². The van der Waals surface area contributed by atoms with Crippen molar-refractivity contribution in [3.63, 3.8) is 0 Å². The Kier molecular flexibility index (Phi) is 6.50. The van der Waals surface area contributed by atoms with Gasteiger partial charge in [0.15, 0.2) is 12.6 Å². The molecule has 0 aliphatic carbocycles. The van der Waals surface area contributed by atoms with Crippen LogP contribution in [0.15, 0.2) is 0 Å². The minimum absolute atomic E-state index is 0.0245. The molecule has 0 amide bonds. The van der Waals surface area contributed by atoms with Crippen molar-refractivity contribution in [2.75, 3.05) is 20.3 Å². The third kappa shape index (κ3) is 4.13. The normalized spacial score (nSPS) is 46.6. The van der Waals surface area contributed by atoms with Crippen LogP contribution in [0.3, 0.4) is 0 Å². The Balaban J connectivity index is 1.86. The molecule has 22 heavy (non-hydrogen) atoms. The molecule has 0 aromatic rings. The summed E-state index contributed by atoms with van der Waals surface area (Å²) in [5.74, 6) is 0. The van der Waals surface area contributed by atoms with Gasteiger partial charge < -0.3 is 44.5 Å². The number of aliphatic hydroxyl groups is 5. The van der Waals surface area contributed by atoms with Crippen LogP contribution in [0.2, 0.25) is 0 Å². The van der Waals surface area contributed by atoms with Crippen molar-refractivity contribution in [2.45, 2.75) is 62.0 Å². The summed E-state index contributed by atoms with van der Waals surface area (Å²) in [7, 11) is 1.43. The monoisotopic (exact) mass is 324 g/mol. The molecule has 2 saturated heterocycles. The molecule has 0 saturated carbocycles. The van der Waals surface area contributed by atoms with Gasteiger partial charge in [0.2, 0.25) is 0 Å². The average molecular weight is 324 g/mol. The molecule has 2 fully saturated rings.